The number of carbonyl (C=O) groups excluding carboxylic acids is 1. The minimum atomic E-state index is 0.0733. The first-order valence-corrected chi connectivity index (χ1v) is 7.95. The van der Waals surface area contributed by atoms with Gasteiger partial charge in [0.15, 0.2) is 5.78 Å². The Bertz CT molecular complexity index is 651. The lowest BCUT2D eigenvalue weighted by Gasteiger charge is -2.11. The van der Waals surface area contributed by atoms with E-state index in [1.165, 1.54) is 0 Å². The number of ether oxygens (including phenoxy) is 1. The van der Waals surface area contributed by atoms with E-state index in [1.54, 1.807) is 25.1 Å². The van der Waals surface area contributed by atoms with E-state index in [0.717, 1.165) is 27.5 Å². The molecule has 3 nitrogen and oxygen atoms in total. The zero-order chi connectivity index (χ0) is 15.4. The molecule has 0 aliphatic carbocycles. The fourth-order valence-corrected chi connectivity index (χ4v) is 2.69. The van der Waals surface area contributed by atoms with Gasteiger partial charge in [-0.15, -0.1) is 11.8 Å². The molecule has 1 aromatic carbocycles. The second-order valence-electron chi connectivity index (χ2n) is 4.87. The van der Waals surface area contributed by atoms with Crippen LogP contribution in [0.1, 0.15) is 27.2 Å². The number of Topliss-reactive ketones (excluding diaryl/α,β-unsaturated/α-hetero) is 1. The minimum absolute atomic E-state index is 0.0733. The molecule has 0 aliphatic heterocycles. The Morgan fingerprint density at radius 3 is 2.48 bits per heavy atom. The van der Waals surface area contributed by atoms with Crippen LogP contribution in [-0.4, -0.2) is 24.1 Å². The van der Waals surface area contributed by atoms with Crippen LogP contribution in [0.25, 0.3) is 0 Å². The first-order valence-electron chi connectivity index (χ1n) is 6.73. The Morgan fingerprint density at radius 1 is 1.24 bits per heavy atom. The maximum Gasteiger partial charge on any atom is 0.168 e. The predicted octanol–water partition coefficient (Wildman–Crippen LogP) is 3.85. The number of aromatic nitrogens is 1. The Hall–Kier alpha value is -1.81. The van der Waals surface area contributed by atoms with Crippen molar-refractivity contribution in [2.24, 2.45) is 0 Å². The minimum Gasteiger partial charge on any atom is -0.496 e. The van der Waals surface area contributed by atoms with Gasteiger partial charge in [0.1, 0.15) is 5.75 Å². The summed E-state index contributed by atoms with van der Waals surface area (Å²) < 4.78 is 5.38. The molecule has 4 heteroatoms. The molecule has 1 heterocycles. The fourth-order valence-electron chi connectivity index (χ4n) is 2.28. The number of carbonyl (C=O) groups is 1. The monoisotopic (exact) mass is 301 g/mol. The van der Waals surface area contributed by atoms with Crippen LogP contribution in [0.5, 0.6) is 5.75 Å². The highest BCUT2D eigenvalue weighted by Crippen LogP contribution is 2.25. The standard InChI is InChI=1S/C17H19NO2S/c1-11-10-18-15(12(2)17(11)20-3)9-16(19)13-5-7-14(21-4)8-6-13/h5-8,10H,9H2,1-4H3. The van der Waals surface area contributed by atoms with Gasteiger partial charge < -0.3 is 4.74 Å². The van der Waals surface area contributed by atoms with E-state index in [4.69, 9.17) is 4.74 Å². The molecule has 0 atom stereocenters. The summed E-state index contributed by atoms with van der Waals surface area (Å²) in [5, 5.41) is 0. The lowest BCUT2D eigenvalue weighted by Crippen LogP contribution is -2.08. The van der Waals surface area contributed by atoms with Crippen molar-refractivity contribution in [3.05, 3.63) is 52.8 Å². The van der Waals surface area contributed by atoms with E-state index in [-0.39, 0.29) is 5.78 Å². The summed E-state index contributed by atoms with van der Waals surface area (Å²) in [6, 6.07) is 7.67. The highest BCUT2D eigenvalue weighted by molar-refractivity contribution is 7.98. The fraction of sp³-hybridized carbons (Fsp3) is 0.294. The van der Waals surface area contributed by atoms with Crippen molar-refractivity contribution in [2.75, 3.05) is 13.4 Å². The highest BCUT2D eigenvalue weighted by atomic mass is 32.2. The summed E-state index contributed by atoms with van der Waals surface area (Å²) in [5.41, 5.74) is 3.41. The van der Waals surface area contributed by atoms with Crippen molar-refractivity contribution in [3.8, 4) is 5.75 Å². The van der Waals surface area contributed by atoms with Gasteiger partial charge in [-0.2, -0.15) is 0 Å². The molecule has 110 valence electrons. The molecule has 0 saturated carbocycles. The van der Waals surface area contributed by atoms with Crippen molar-refractivity contribution >= 4 is 17.5 Å². The first kappa shape index (κ1) is 15.6. The van der Waals surface area contributed by atoms with E-state index < -0.39 is 0 Å². The number of hydrogen-bond donors (Lipinski definition) is 0. The number of methoxy groups -OCH3 is 1. The molecule has 21 heavy (non-hydrogen) atoms. The molecule has 2 aromatic rings. The van der Waals surface area contributed by atoms with Crippen LogP contribution in [0, 0.1) is 13.8 Å². The quantitative estimate of drug-likeness (QED) is 0.621. The molecule has 0 saturated heterocycles. The number of ketones is 1. The van der Waals surface area contributed by atoms with Gasteiger partial charge in [0.25, 0.3) is 0 Å². The first-order chi connectivity index (χ1) is 10.1. The third kappa shape index (κ3) is 3.45. The van der Waals surface area contributed by atoms with Crippen LogP contribution < -0.4 is 4.74 Å². The molecular formula is C17H19NO2S. The van der Waals surface area contributed by atoms with Gasteiger partial charge in [-0.3, -0.25) is 9.78 Å². The average Bonchev–Trinajstić information content (AvgIpc) is 2.50. The van der Waals surface area contributed by atoms with E-state index >= 15 is 0 Å². The van der Waals surface area contributed by atoms with Gasteiger partial charge >= 0.3 is 0 Å². The normalized spacial score (nSPS) is 10.5. The van der Waals surface area contributed by atoms with Crippen LogP contribution in [0.3, 0.4) is 0 Å². The zero-order valence-corrected chi connectivity index (χ0v) is 13.6. The van der Waals surface area contributed by atoms with Gasteiger partial charge in [0.05, 0.1) is 19.2 Å². The van der Waals surface area contributed by atoms with Crippen LogP contribution in [0.15, 0.2) is 35.4 Å². The van der Waals surface area contributed by atoms with Crippen molar-refractivity contribution in [3.63, 3.8) is 0 Å². The number of hydrogen-bond acceptors (Lipinski definition) is 4. The Labute approximate surface area is 129 Å². The van der Waals surface area contributed by atoms with Gasteiger partial charge in [-0.1, -0.05) is 12.1 Å². The number of thioether (sulfide) groups is 1. The molecule has 0 fully saturated rings. The molecule has 0 radical (unpaired) electrons. The SMILES string of the molecule is COc1c(C)cnc(CC(=O)c2ccc(SC)cc2)c1C. The summed E-state index contributed by atoms with van der Waals surface area (Å²) in [5.74, 6) is 0.884. The summed E-state index contributed by atoms with van der Waals surface area (Å²) in [7, 11) is 1.64. The summed E-state index contributed by atoms with van der Waals surface area (Å²) >= 11 is 1.66. The third-order valence-electron chi connectivity index (χ3n) is 3.49. The topological polar surface area (TPSA) is 39.2 Å². The molecule has 2 rings (SSSR count). The van der Waals surface area contributed by atoms with Crippen LogP contribution in [-0.2, 0) is 6.42 Å². The number of benzene rings is 1. The maximum absolute atomic E-state index is 12.4. The van der Waals surface area contributed by atoms with Crippen LogP contribution >= 0.6 is 11.8 Å². The Morgan fingerprint density at radius 2 is 1.90 bits per heavy atom. The molecule has 0 amide bonds. The third-order valence-corrected chi connectivity index (χ3v) is 4.23. The van der Waals surface area contributed by atoms with Crippen molar-refractivity contribution in [1.29, 1.82) is 0 Å². The second kappa shape index (κ2) is 6.76. The molecule has 0 bridgehead atoms. The van der Waals surface area contributed by atoms with Gasteiger partial charge in [-0.05, 0) is 32.2 Å². The number of nitrogens with zero attached hydrogens (tertiary/aromatic N) is 1. The second-order valence-corrected chi connectivity index (χ2v) is 5.75. The lowest BCUT2D eigenvalue weighted by molar-refractivity contribution is 0.0991. The number of aryl methyl sites for hydroxylation is 1. The van der Waals surface area contributed by atoms with E-state index in [0.29, 0.717) is 12.0 Å². The Kier molecular flexibility index (Phi) is 5.02. The molecule has 1 aromatic heterocycles. The number of rotatable bonds is 5. The Balaban J connectivity index is 2.23. The van der Waals surface area contributed by atoms with E-state index in [1.807, 2.05) is 44.4 Å². The average molecular weight is 301 g/mol. The highest BCUT2D eigenvalue weighted by Gasteiger charge is 2.14. The van der Waals surface area contributed by atoms with Crippen LogP contribution in [0.2, 0.25) is 0 Å². The van der Waals surface area contributed by atoms with Gasteiger partial charge in [0, 0.05) is 27.8 Å². The van der Waals surface area contributed by atoms with Crippen molar-refractivity contribution < 1.29 is 9.53 Å². The van der Waals surface area contributed by atoms with Crippen molar-refractivity contribution in [2.45, 2.75) is 25.2 Å². The van der Waals surface area contributed by atoms with E-state index in [2.05, 4.69) is 4.98 Å². The largest absolute Gasteiger partial charge is 0.496 e. The molecule has 0 unspecified atom stereocenters. The van der Waals surface area contributed by atoms with Crippen LogP contribution in [0.4, 0.5) is 0 Å². The molecule has 0 N–H and O–H groups in total. The molecular weight excluding hydrogens is 282 g/mol. The van der Waals surface area contributed by atoms with Gasteiger partial charge in [0.2, 0.25) is 0 Å². The zero-order valence-electron chi connectivity index (χ0n) is 12.8. The summed E-state index contributed by atoms with van der Waals surface area (Å²) in [4.78, 5) is 17.9. The number of pyridine rings is 1. The maximum atomic E-state index is 12.4. The summed E-state index contributed by atoms with van der Waals surface area (Å²) in [6.45, 7) is 3.89. The molecule has 0 spiro atoms. The predicted molar refractivity (Wildman–Crippen MR) is 86.5 cm³/mol. The van der Waals surface area contributed by atoms with Gasteiger partial charge in [-0.25, -0.2) is 0 Å². The van der Waals surface area contributed by atoms with Crippen molar-refractivity contribution in [1.82, 2.24) is 4.98 Å². The van der Waals surface area contributed by atoms with E-state index in [9.17, 15) is 4.79 Å². The molecule has 0 aliphatic rings. The smallest absolute Gasteiger partial charge is 0.168 e. The lowest BCUT2D eigenvalue weighted by atomic mass is 10.0. The summed E-state index contributed by atoms with van der Waals surface area (Å²) in [6.07, 6.45) is 4.06.